The van der Waals surface area contributed by atoms with Crippen LogP contribution in [0.3, 0.4) is 0 Å². The van der Waals surface area contributed by atoms with Crippen LogP contribution in [0.5, 0.6) is 0 Å². The first-order chi connectivity index (χ1) is 9.88. The number of anilines is 1. The van der Waals surface area contributed by atoms with Crippen LogP contribution in [0.4, 0.5) is 5.69 Å². The Morgan fingerprint density at radius 1 is 1.33 bits per heavy atom. The molecule has 112 valence electrons. The molecule has 4 nitrogen and oxygen atoms in total. The second-order valence-electron chi connectivity index (χ2n) is 5.28. The van der Waals surface area contributed by atoms with Crippen LogP contribution in [0.2, 0.25) is 5.02 Å². The van der Waals surface area contributed by atoms with Crippen molar-refractivity contribution >= 4 is 23.2 Å². The zero-order valence-corrected chi connectivity index (χ0v) is 13.1. The van der Waals surface area contributed by atoms with Gasteiger partial charge in [-0.3, -0.25) is 4.79 Å². The predicted molar refractivity (Wildman–Crippen MR) is 84.3 cm³/mol. The molecule has 0 saturated carbocycles. The Kier molecular flexibility index (Phi) is 4.58. The number of nitrogens with two attached hydrogens (primary N) is 1. The van der Waals surface area contributed by atoms with Gasteiger partial charge in [0.05, 0.1) is 17.3 Å². The Bertz CT molecular complexity index is 649. The van der Waals surface area contributed by atoms with Gasteiger partial charge in [0.1, 0.15) is 11.5 Å². The Morgan fingerprint density at radius 3 is 2.57 bits per heavy atom. The van der Waals surface area contributed by atoms with Gasteiger partial charge in [-0.25, -0.2) is 0 Å². The third-order valence-electron chi connectivity index (χ3n) is 3.25. The predicted octanol–water partition coefficient (Wildman–Crippen LogP) is 3.87. The molecule has 0 spiro atoms. The third kappa shape index (κ3) is 3.58. The van der Waals surface area contributed by atoms with Crippen molar-refractivity contribution in [3.05, 3.63) is 52.4 Å². The van der Waals surface area contributed by atoms with Crippen LogP contribution in [0.15, 0.2) is 34.7 Å². The molecule has 0 atom stereocenters. The molecular weight excluding hydrogens is 288 g/mol. The van der Waals surface area contributed by atoms with E-state index in [9.17, 15) is 4.79 Å². The van der Waals surface area contributed by atoms with Crippen LogP contribution >= 0.6 is 11.6 Å². The maximum absolute atomic E-state index is 12.6. The van der Waals surface area contributed by atoms with E-state index in [0.29, 0.717) is 22.8 Å². The second-order valence-corrected chi connectivity index (χ2v) is 5.68. The summed E-state index contributed by atoms with van der Waals surface area (Å²) in [6.45, 7) is 6.23. The molecule has 0 saturated heterocycles. The van der Waals surface area contributed by atoms with E-state index in [-0.39, 0.29) is 11.9 Å². The fraction of sp³-hybridized carbons (Fsp3) is 0.312. The van der Waals surface area contributed by atoms with Crippen molar-refractivity contribution in [3.63, 3.8) is 0 Å². The van der Waals surface area contributed by atoms with Gasteiger partial charge in [-0.2, -0.15) is 0 Å². The van der Waals surface area contributed by atoms with E-state index in [4.69, 9.17) is 21.8 Å². The maximum Gasteiger partial charge on any atom is 0.254 e. The number of nitrogen functional groups attached to an aromatic ring is 1. The molecule has 1 aromatic heterocycles. The van der Waals surface area contributed by atoms with Crippen LogP contribution in [-0.4, -0.2) is 16.8 Å². The first-order valence-electron chi connectivity index (χ1n) is 6.80. The summed E-state index contributed by atoms with van der Waals surface area (Å²) >= 11 is 5.90. The fourth-order valence-electron chi connectivity index (χ4n) is 2.07. The number of benzene rings is 1. The summed E-state index contributed by atoms with van der Waals surface area (Å²) in [5, 5.41) is 0.448. The van der Waals surface area contributed by atoms with Gasteiger partial charge in [-0.15, -0.1) is 0 Å². The van der Waals surface area contributed by atoms with Crippen LogP contribution in [-0.2, 0) is 6.54 Å². The molecule has 0 aliphatic rings. The van der Waals surface area contributed by atoms with E-state index in [1.54, 1.807) is 23.1 Å². The quantitative estimate of drug-likeness (QED) is 0.872. The standard InChI is InChI=1S/C16H19ClN2O2/c1-10(2)19(9-13-6-4-11(3)21-13)16(20)12-5-7-14(17)15(18)8-12/h4-8,10H,9,18H2,1-3H3. The zero-order chi connectivity index (χ0) is 15.6. The molecule has 1 amide bonds. The molecule has 0 unspecified atom stereocenters. The summed E-state index contributed by atoms with van der Waals surface area (Å²) < 4.78 is 5.55. The summed E-state index contributed by atoms with van der Waals surface area (Å²) in [5.74, 6) is 1.50. The number of carbonyl (C=O) groups is 1. The van der Waals surface area contributed by atoms with Crippen molar-refractivity contribution in [2.45, 2.75) is 33.4 Å². The number of nitrogens with zero attached hydrogens (tertiary/aromatic N) is 1. The first kappa shape index (κ1) is 15.4. The van der Waals surface area contributed by atoms with Crippen LogP contribution < -0.4 is 5.73 Å². The Morgan fingerprint density at radius 2 is 2.05 bits per heavy atom. The summed E-state index contributed by atoms with van der Waals surface area (Å²) in [6.07, 6.45) is 0. The van der Waals surface area contributed by atoms with E-state index in [2.05, 4.69) is 0 Å². The van der Waals surface area contributed by atoms with Crippen molar-refractivity contribution in [2.24, 2.45) is 0 Å². The topological polar surface area (TPSA) is 59.5 Å². The van der Waals surface area contributed by atoms with Gasteiger partial charge in [-0.05, 0) is 51.1 Å². The molecule has 2 aromatic rings. The molecule has 0 bridgehead atoms. The lowest BCUT2D eigenvalue weighted by atomic mass is 10.1. The number of furan rings is 1. The maximum atomic E-state index is 12.6. The number of amides is 1. The molecule has 5 heteroatoms. The van der Waals surface area contributed by atoms with Gasteiger partial charge in [0, 0.05) is 11.6 Å². The molecule has 1 heterocycles. The summed E-state index contributed by atoms with van der Waals surface area (Å²) in [4.78, 5) is 14.4. The third-order valence-corrected chi connectivity index (χ3v) is 3.59. The summed E-state index contributed by atoms with van der Waals surface area (Å²) in [7, 11) is 0. The lowest BCUT2D eigenvalue weighted by Crippen LogP contribution is -2.36. The summed E-state index contributed by atoms with van der Waals surface area (Å²) in [5.41, 5.74) is 6.69. The Hall–Kier alpha value is -1.94. The van der Waals surface area contributed by atoms with Gasteiger partial charge in [0.15, 0.2) is 0 Å². The lowest BCUT2D eigenvalue weighted by Gasteiger charge is -2.26. The average molecular weight is 307 g/mol. The zero-order valence-electron chi connectivity index (χ0n) is 12.4. The van der Waals surface area contributed by atoms with Gasteiger partial charge in [0.2, 0.25) is 0 Å². The molecule has 21 heavy (non-hydrogen) atoms. The fourth-order valence-corrected chi connectivity index (χ4v) is 2.19. The SMILES string of the molecule is Cc1ccc(CN(C(=O)c2ccc(Cl)c(N)c2)C(C)C)o1. The minimum Gasteiger partial charge on any atom is -0.464 e. The average Bonchev–Trinajstić information content (AvgIpc) is 2.83. The van der Waals surface area contributed by atoms with Crippen LogP contribution in [0.1, 0.15) is 35.7 Å². The van der Waals surface area contributed by atoms with Crippen molar-refractivity contribution in [3.8, 4) is 0 Å². The van der Waals surface area contributed by atoms with Crippen LogP contribution in [0.25, 0.3) is 0 Å². The molecule has 2 rings (SSSR count). The largest absolute Gasteiger partial charge is 0.464 e. The molecule has 1 aromatic carbocycles. The van der Waals surface area contributed by atoms with Gasteiger partial charge in [-0.1, -0.05) is 11.6 Å². The van der Waals surface area contributed by atoms with Gasteiger partial charge >= 0.3 is 0 Å². The molecule has 0 aliphatic heterocycles. The van der Waals surface area contributed by atoms with E-state index >= 15 is 0 Å². The number of halogens is 1. The molecule has 2 N–H and O–H groups in total. The van der Waals surface area contributed by atoms with Crippen molar-refractivity contribution in [2.75, 3.05) is 5.73 Å². The highest BCUT2D eigenvalue weighted by Gasteiger charge is 2.20. The first-order valence-corrected chi connectivity index (χ1v) is 7.17. The van der Waals surface area contributed by atoms with E-state index in [1.165, 1.54) is 0 Å². The van der Waals surface area contributed by atoms with E-state index in [0.717, 1.165) is 11.5 Å². The van der Waals surface area contributed by atoms with Crippen molar-refractivity contribution in [1.82, 2.24) is 4.90 Å². The number of carbonyl (C=O) groups excluding carboxylic acids is 1. The highest BCUT2D eigenvalue weighted by molar-refractivity contribution is 6.33. The van der Waals surface area contributed by atoms with Crippen molar-refractivity contribution in [1.29, 1.82) is 0 Å². The second kappa shape index (κ2) is 6.22. The highest BCUT2D eigenvalue weighted by atomic mass is 35.5. The number of aryl methyl sites for hydroxylation is 1. The number of hydrogen-bond acceptors (Lipinski definition) is 3. The number of hydrogen-bond donors (Lipinski definition) is 1. The van der Waals surface area contributed by atoms with Crippen molar-refractivity contribution < 1.29 is 9.21 Å². The minimum atomic E-state index is -0.0950. The summed E-state index contributed by atoms with van der Waals surface area (Å²) in [6, 6.07) is 8.74. The minimum absolute atomic E-state index is 0.0415. The highest BCUT2D eigenvalue weighted by Crippen LogP contribution is 2.22. The molecule has 0 aliphatic carbocycles. The van der Waals surface area contributed by atoms with Gasteiger partial charge in [0.25, 0.3) is 5.91 Å². The molecular formula is C16H19ClN2O2. The molecule has 0 fully saturated rings. The Balaban J connectivity index is 2.24. The lowest BCUT2D eigenvalue weighted by molar-refractivity contribution is 0.0675. The molecule has 0 radical (unpaired) electrons. The van der Waals surface area contributed by atoms with Gasteiger partial charge < -0.3 is 15.1 Å². The normalized spacial score (nSPS) is 10.9. The smallest absolute Gasteiger partial charge is 0.254 e. The van der Waals surface area contributed by atoms with Crippen LogP contribution in [0, 0.1) is 6.92 Å². The van der Waals surface area contributed by atoms with E-state index < -0.39 is 0 Å². The number of rotatable bonds is 4. The van der Waals surface area contributed by atoms with E-state index in [1.807, 2.05) is 32.9 Å². The Labute approximate surface area is 129 Å². The monoisotopic (exact) mass is 306 g/mol.